The summed E-state index contributed by atoms with van der Waals surface area (Å²) >= 11 is 0. The fraction of sp³-hybridized carbons (Fsp3) is 0.471. The third-order valence-electron chi connectivity index (χ3n) is 4.51. The lowest BCUT2D eigenvalue weighted by Gasteiger charge is -2.16. The van der Waals surface area contributed by atoms with Crippen molar-refractivity contribution in [2.24, 2.45) is 0 Å². The Hall–Kier alpha value is -2.78. The molecule has 0 N–H and O–H groups in total. The predicted molar refractivity (Wildman–Crippen MR) is 86.5 cm³/mol. The Kier molecular flexibility index (Phi) is 4.40. The van der Waals surface area contributed by atoms with Crippen molar-refractivity contribution in [1.29, 1.82) is 0 Å². The molecule has 2 aliphatic rings. The Balaban J connectivity index is 1.40. The number of hydrogen-bond donors (Lipinski definition) is 0. The van der Waals surface area contributed by atoms with E-state index >= 15 is 0 Å². The number of amides is 1. The average molecular weight is 382 g/mol. The van der Waals surface area contributed by atoms with Crippen LogP contribution in [0.25, 0.3) is 0 Å². The van der Waals surface area contributed by atoms with Crippen LogP contribution in [0.4, 0.5) is 13.2 Å². The van der Waals surface area contributed by atoms with Gasteiger partial charge in [0.15, 0.2) is 5.69 Å². The van der Waals surface area contributed by atoms with Crippen molar-refractivity contribution < 1.29 is 27.4 Å². The van der Waals surface area contributed by atoms with Crippen molar-refractivity contribution in [2.45, 2.75) is 31.7 Å². The molecule has 27 heavy (non-hydrogen) atoms. The van der Waals surface area contributed by atoms with E-state index in [1.54, 1.807) is 15.6 Å². The molecule has 2 aromatic heterocycles. The molecule has 0 radical (unpaired) electrons. The Morgan fingerprint density at radius 2 is 2.15 bits per heavy atom. The van der Waals surface area contributed by atoms with E-state index in [0.29, 0.717) is 37.7 Å². The molecule has 0 bridgehead atoms. The van der Waals surface area contributed by atoms with Gasteiger partial charge in [-0.2, -0.15) is 18.3 Å². The summed E-state index contributed by atoms with van der Waals surface area (Å²) < 4.78 is 51.0. The fourth-order valence-electron chi connectivity index (χ4n) is 3.16. The average Bonchev–Trinajstić information content (AvgIpc) is 3.27. The summed E-state index contributed by atoms with van der Waals surface area (Å²) in [5.41, 5.74) is -0.522. The van der Waals surface area contributed by atoms with E-state index < -0.39 is 17.8 Å². The lowest BCUT2D eigenvalue weighted by Crippen LogP contribution is -2.31. The molecule has 0 aliphatic carbocycles. The summed E-state index contributed by atoms with van der Waals surface area (Å²) in [7, 11) is 0. The van der Waals surface area contributed by atoms with Crippen LogP contribution in [0.5, 0.6) is 11.8 Å². The van der Waals surface area contributed by atoms with Crippen molar-refractivity contribution in [3.8, 4) is 11.8 Å². The maximum absolute atomic E-state index is 12.8. The summed E-state index contributed by atoms with van der Waals surface area (Å²) in [6.45, 7) is 2.00. The SMILES string of the molecule is O=C(c1cc2n(n1)CCCO2)N1CCC(Oc2cc(C(F)(F)F)ccn2)C1. The normalized spacial score (nSPS) is 19.5. The highest BCUT2D eigenvalue weighted by Gasteiger charge is 2.33. The van der Waals surface area contributed by atoms with Gasteiger partial charge >= 0.3 is 6.18 Å². The zero-order chi connectivity index (χ0) is 19.0. The maximum atomic E-state index is 12.8. The van der Waals surface area contributed by atoms with Gasteiger partial charge in [-0.1, -0.05) is 0 Å². The topological polar surface area (TPSA) is 69.5 Å². The van der Waals surface area contributed by atoms with Crippen LogP contribution in [0.15, 0.2) is 24.4 Å². The highest BCUT2D eigenvalue weighted by Crippen LogP contribution is 2.31. The number of halogens is 3. The van der Waals surface area contributed by atoms with Crippen LogP contribution in [0.2, 0.25) is 0 Å². The molecule has 10 heteroatoms. The van der Waals surface area contributed by atoms with Crippen molar-refractivity contribution in [3.05, 3.63) is 35.7 Å². The monoisotopic (exact) mass is 382 g/mol. The highest BCUT2D eigenvalue weighted by atomic mass is 19.4. The molecule has 1 atom stereocenters. The van der Waals surface area contributed by atoms with Gasteiger partial charge in [0.2, 0.25) is 11.8 Å². The van der Waals surface area contributed by atoms with E-state index in [1.165, 1.54) is 0 Å². The smallest absolute Gasteiger partial charge is 0.416 e. The molecule has 2 aromatic rings. The Morgan fingerprint density at radius 3 is 2.93 bits per heavy atom. The minimum Gasteiger partial charge on any atom is -0.478 e. The van der Waals surface area contributed by atoms with E-state index in [-0.39, 0.29) is 18.3 Å². The molecule has 1 unspecified atom stereocenters. The number of carbonyl (C=O) groups is 1. The molecule has 7 nitrogen and oxygen atoms in total. The first-order valence-corrected chi connectivity index (χ1v) is 8.60. The van der Waals surface area contributed by atoms with Crippen molar-refractivity contribution in [2.75, 3.05) is 19.7 Å². The lowest BCUT2D eigenvalue weighted by molar-refractivity contribution is -0.137. The quantitative estimate of drug-likeness (QED) is 0.815. The Bertz CT molecular complexity index is 829. The van der Waals surface area contributed by atoms with Crippen molar-refractivity contribution in [1.82, 2.24) is 19.7 Å². The summed E-state index contributed by atoms with van der Waals surface area (Å²) in [5.74, 6) is 0.225. The Morgan fingerprint density at radius 1 is 1.30 bits per heavy atom. The van der Waals surface area contributed by atoms with E-state index in [9.17, 15) is 18.0 Å². The molecular weight excluding hydrogens is 365 g/mol. The summed E-state index contributed by atoms with van der Waals surface area (Å²) in [6, 6.07) is 3.37. The number of aryl methyl sites for hydroxylation is 1. The molecule has 4 rings (SSSR count). The van der Waals surface area contributed by atoms with Crippen molar-refractivity contribution in [3.63, 3.8) is 0 Å². The molecule has 1 saturated heterocycles. The number of ether oxygens (including phenoxy) is 2. The molecule has 1 fully saturated rings. The largest absolute Gasteiger partial charge is 0.478 e. The van der Waals surface area contributed by atoms with Crippen LogP contribution in [0.3, 0.4) is 0 Å². The minimum atomic E-state index is -4.46. The van der Waals surface area contributed by atoms with Crippen LogP contribution < -0.4 is 9.47 Å². The van der Waals surface area contributed by atoms with Gasteiger partial charge in [0, 0.05) is 44.3 Å². The van der Waals surface area contributed by atoms with Crippen LogP contribution >= 0.6 is 0 Å². The number of rotatable bonds is 3. The second-order valence-corrected chi connectivity index (χ2v) is 6.45. The van der Waals surface area contributed by atoms with Gasteiger partial charge in [-0.3, -0.25) is 4.79 Å². The van der Waals surface area contributed by atoms with Crippen LogP contribution in [-0.4, -0.2) is 51.4 Å². The number of aromatic nitrogens is 3. The number of alkyl halides is 3. The molecule has 0 saturated carbocycles. The van der Waals surface area contributed by atoms with Gasteiger partial charge in [-0.25, -0.2) is 9.67 Å². The van der Waals surface area contributed by atoms with E-state index in [4.69, 9.17) is 9.47 Å². The molecule has 0 aromatic carbocycles. The molecule has 0 spiro atoms. The predicted octanol–water partition coefficient (Wildman–Crippen LogP) is 2.37. The summed E-state index contributed by atoms with van der Waals surface area (Å²) in [5, 5.41) is 4.27. The first kappa shape index (κ1) is 17.6. The van der Waals surface area contributed by atoms with Crippen LogP contribution in [0.1, 0.15) is 28.9 Å². The molecule has 1 amide bonds. The van der Waals surface area contributed by atoms with Gasteiger partial charge in [-0.05, 0) is 6.07 Å². The first-order valence-electron chi connectivity index (χ1n) is 8.60. The number of fused-ring (bicyclic) bond motifs is 1. The van der Waals surface area contributed by atoms with E-state index in [2.05, 4.69) is 10.1 Å². The number of carbonyl (C=O) groups excluding carboxylic acids is 1. The third-order valence-corrected chi connectivity index (χ3v) is 4.51. The van der Waals surface area contributed by atoms with Gasteiger partial charge in [-0.15, -0.1) is 0 Å². The summed E-state index contributed by atoms with van der Waals surface area (Å²) in [4.78, 5) is 18.0. The van der Waals surface area contributed by atoms with Crippen LogP contribution in [0, 0.1) is 0 Å². The second-order valence-electron chi connectivity index (χ2n) is 6.45. The van der Waals surface area contributed by atoms with Gasteiger partial charge in [0.1, 0.15) is 6.10 Å². The molecular formula is C17H17F3N4O3. The fourth-order valence-corrected chi connectivity index (χ4v) is 3.16. The number of nitrogens with zero attached hydrogens (tertiary/aromatic N) is 4. The zero-order valence-corrected chi connectivity index (χ0v) is 14.3. The van der Waals surface area contributed by atoms with E-state index in [0.717, 1.165) is 24.8 Å². The lowest BCUT2D eigenvalue weighted by atomic mass is 10.2. The molecule has 4 heterocycles. The number of hydrogen-bond acceptors (Lipinski definition) is 5. The summed E-state index contributed by atoms with van der Waals surface area (Å²) in [6.07, 6.45) is -2.47. The second kappa shape index (κ2) is 6.75. The molecule has 2 aliphatic heterocycles. The first-order chi connectivity index (χ1) is 12.9. The minimum absolute atomic E-state index is 0.102. The van der Waals surface area contributed by atoms with E-state index in [1.807, 2.05) is 0 Å². The Labute approximate surface area is 152 Å². The standard InChI is InChI=1S/C17H17F3N4O3/c18-17(19,20)11-2-4-21-14(8-11)27-12-3-6-23(10-12)16(25)13-9-15-24(22-13)5-1-7-26-15/h2,4,8-9,12H,1,3,5-7,10H2. The number of pyridine rings is 1. The molecule has 144 valence electrons. The highest BCUT2D eigenvalue weighted by molar-refractivity contribution is 5.92. The van der Waals surface area contributed by atoms with Crippen LogP contribution in [-0.2, 0) is 12.7 Å². The van der Waals surface area contributed by atoms with Gasteiger partial charge in [0.05, 0.1) is 18.7 Å². The van der Waals surface area contributed by atoms with Crippen molar-refractivity contribution >= 4 is 5.91 Å². The number of likely N-dealkylation sites (tertiary alicyclic amines) is 1. The maximum Gasteiger partial charge on any atom is 0.416 e. The zero-order valence-electron chi connectivity index (χ0n) is 14.3. The van der Waals surface area contributed by atoms with Gasteiger partial charge in [0.25, 0.3) is 5.91 Å². The van der Waals surface area contributed by atoms with Gasteiger partial charge < -0.3 is 14.4 Å². The third kappa shape index (κ3) is 3.69.